The fraction of sp³-hybridized carbons (Fsp3) is 0.286. The van der Waals surface area contributed by atoms with Gasteiger partial charge in [-0.25, -0.2) is 0 Å². The predicted octanol–water partition coefficient (Wildman–Crippen LogP) is 1.20. The summed E-state index contributed by atoms with van der Waals surface area (Å²) in [6.45, 7) is 1.88. The number of carbonyl (C=O) groups is 1. The molecule has 1 amide bonds. The summed E-state index contributed by atoms with van der Waals surface area (Å²) in [7, 11) is 1.85. The Morgan fingerprint density at radius 1 is 1.47 bits per heavy atom. The van der Waals surface area contributed by atoms with Crippen LogP contribution in [0.2, 0.25) is 0 Å². The van der Waals surface area contributed by atoms with Crippen LogP contribution in [-0.4, -0.2) is 33.4 Å². The molecule has 19 heavy (non-hydrogen) atoms. The van der Waals surface area contributed by atoms with Crippen molar-refractivity contribution in [2.45, 2.75) is 13.0 Å². The van der Waals surface area contributed by atoms with E-state index in [1.807, 2.05) is 31.4 Å². The Labute approximate surface area is 111 Å². The summed E-state index contributed by atoms with van der Waals surface area (Å²) in [4.78, 5) is 11.9. The van der Waals surface area contributed by atoms with Crippen LogP contribution in [0.1, 0.15) is 17.3 Å². The largest absolute Gasteiger partial charge is 0.392 e. The van der Waals surface area contributed by atoms with Crippen molar-refractivity contribution in [2.24, 2.45) is 7.05 Å². The van der Waals surface area contributed by atoms with E-state index in [-0.39, 0.29) is 12.5 Å². The van der Waals surface area contributed by atoms with Crippen LogP contribution in [0.15, 0.2) is 36.7 Å². The first-order valence-electron chi connectivity index (χ1n) is 6.11. The van der Waals surface area contributed by atoms with Gasteiger partial charge in [-0.3, -0.25) is 9.48 Å². The number of aryl methyl sites for hydroxylation is 1. The van der Waals surface area contributed by atoms with Gasteiger partial charge in [-0.05, 0) is 24.6 Å². The number of amides is 1. The molecule has 2 rings (SSSR count). The molecule has 0 radical (unpaired) electrons. The van der Waals surface area contributed by atoms with E-state index in [1.165, 1.54) is 0 Å². The van der Waals surface area contributed by atoms with Gasteiger partial charge in [-0.1, -0.05) is 12.1 Å². The topological polar surface area (TPSA) is 67.2 Å². The van der Waals surface area contributed by atoms with Crippen LogP contribution in [-0.2, 0) is 7.05 Å². The van der Waals surface area contributed by atoms with Gasteiger partial charge in [-0.2, -0.15) is 5.10 Å². The van der Waals surface area contributed by atoms with Crippen molar-refractivity contribution in [2.75, 3.05) is 6.54 Å². The van der Waals surface area contributed by atoms with Gasteiger partial charge >= 0.3 is 0 Å². The molecule has 1 unspecified atom stereocenters. The average Bonchev–Trinajstić information content (AvgIpc) is 2.83. The Kier molecular flexibility index (Phi) is 3.97. The molecule has 0 fully saturated rings. The predicted molar refractivity (Wildman–Crippen MR) is 72.7 cm³/mol. The molecule has 0 aliphatic rings. The lowest BCUT2D eigenvalue weighted by Crippen LogP contribution is -2.30. The molecule has 5 nitrogen and oxygen atoms in total. The SMILES string of the molecule is CC(O)CNC(=O)c1cccc(-c2cnn(C)c2)c1. The third-order valence-corrected chi connectivity index (χ3v) is 2.72. The molecule has 0 saturated heterocycles. The van der Waals surface area contributed by atoms with E-state index in [0.717, 1.165) is 11.1 Å². The Morgan fingerprint density at radius 2 is 2.26 bits per heavy atom. The zero-order valence-electron chi connectivity index (χ0n) is 11.0. The van der Waals surface area contributed by atoms with Crippen molar-refractivity contribution in [1.82, 2.24) is 15.1 Å². The maximum absolute atomic E-state index is 11.9. The van der Waals surface area contributed by atoms with Gasteiger partial charge in [-0.15, -0.1) is 0 Å². The van der Waals surface area contributed by atoms with E-state index in [0.29, 0.717) is 5.56 Å². The first-order chi connectivity index (χ1) is 9.06. The molecule has 0 aliphatic carbocycles. The molecular weight excluding hydrogens is 242 g/mol. The summed E-state index contributed by atoms with van der Waals surface area (Å²) < 4.78 is 1.72. The highest BCUT2D eigenvalue weighted by atomic mass is 16.3. The molecule has 1 atom stereocenters. The number of nitrogens with zero attached hydrogens (tertiary/aromatic N) is 2. The molecule has 5 heteroatoms. The van der Waals surface area contributed by atoms with Crippen LogP contribution in [0.5, 0.6) is 0 Å². The molecule has 2 aromatic rings. The average molecular weight is 259 g/mol. The van der Waals surface area contributed by atoms with Crippen molar-refractivity contribution in [3.05, 3.63) is 42.2 Å². The number of hydrogen-bond acceptors (Lipinski definition) is 3. The summed E-state index contributed by atoms with van der Waals surface area (Å²) in [5.74, 6) is -0.188. The fourth-order valence-corrected chi connectivity index (χ4v) is 1.75. The Balaban J connectivity index is 2.17. The molecule has 1 aromatic carbocycles. The second-order valence-corrected chi connectivity index (χ2v) is 4.54. The number of carbonyl (C=O) groups excluding carboxylic acids is 1. The standard InChI is InChI=1S/C14H17N3O2/c1-10(18)7-15-14(19)12-5-3-4-11(6-12)13-8-16-17(2)9-13/h3-6,8-10,18H,7H2,1-2H3,(H,15,19). The molecule has 0 spiro atoms. The molecule has 0 bridgehead atoms. The Bertz CT molecular complexity index is 576. The zero-order valence-corrected chi connectivity index (χ0v) is 11.0. The summed E-state index contributed by atoms with van der Waals surface area (Å²) in [5.41, 5.74) is 2.48. The van der Waals surface area contributed by atoms with Crippen molar-refractivity contribution in [3.63, 3.8) is 0 Å². The number of hydrogen-bond donors (Lipinski definition) is 2. The third-order valence-electron chi connectivity index (χ3n) is 2.72. The number of aliphatic hydroxyl groups excluding tert-OH is 1. The van der Waals surface area contributed by atoms with E-state index >= 15 is 0 Å². The highest BCUT2D eigenvalue weighted by Crippen LogP contribution is 2.19. The number of rotatable bonds is 4. The van der Waals surface area contributed by atoms with Crippen molar-refractivity contribution in [1.29, 1.82) is 0 Å². The highest BCUT2D eigenvalue weighted by Gasteiger charge is 2.08. The lowest BCUT2D eigenvalue weighted by atomic mass is 10.1. The molecule has 1 aromatic heterocycles. The fourth-order valence-electron chi connectivity index (χ4n) is 1.75. The summed E-state index contributed by atoms with van der Waals surface area (Å²) in [6, 6.07) is 7.33. The van der Waals surface area contributed by atoms with Gasteiger partial charge in [0.2, 0.25) is 0 Å². The van der Waals surface area contributed by atoms with Crippen molar-refractivity contribution in [3.8, 4) is 11.1 Å². The van der Waals surface area contributed by atoms with Crippen molar-refractivity contribution < 1.29 is 9.90 Å². The molecule has 0 saturated carbocycles. The van der Waals surface area contributed by atoms with Crippen LogP contribution in [0, 0.1) is 0 Å². The van der Waals surface area contributed by atoms with Gasteiger partial charge in [0.1, 0.15) is 0 Å². The molecule has 2 N–H and O–H groups in total. The van der Waals surface area contributed by atoms with Crippen LogP contribution < -0.4 is 5.32 Å². The second-order valence-electron chi connectivity index (χ2n) is 4.54. The normalized spacial score (nSPS) is 12.2. The van der Waals surface area contributed by atoms with Crippen LogP contribution >= 0.6 is 0 Å². The summed E-state index contributed by atoms with van der Waals surface area (Å²) in [5, 5.41) is 15.9. The molecule has 100 valence electrons. The summed E-state index contributed by atoms with van der Waals surface area (Å²) >= 11 is 0. The maximum Gasteiger partial charge on any atom is 0.251 e. The van der Waals surface area contributed by atoms with Gasteiger partial charge in [0.05, 0.1) is 12.3 Å². The maximum atomic E-state index is 11.9. The quantitative estimate of drug-likeness (QED) is 0.867. The Hall–Kier alpha value is -2.14. The van der Waals surface area contributed by atoms with Crippen LogP contribution in [0.25, 0.3) is 11.1 Å². The first-order valence-corrected chi connectivity index (χ1v) is 6.11. The number of nitrogens with one attached hydrogen (secondary N) is 1. The number of aromatic nitrogens is 2. The second kappa shape index (κ2) is 5.67. The van der Waals surface area contributed by atoms with E-state index in [9.17, 15) is 4.79 Å². The van der Waals surface area contributed by atoms with Gasteiger partial charge in [0, 0.05) is 30.9 Å². The smallest absolute Gasteiger partial charge is 0.251 e. The van der Waals surface area contributed by atoms with Gasteiger partial charge in [0.25, 0.3) is 5.91 Å². The number of aliphatic hydroxyl groups is 1. The van der Waals surface area contributed by atoms with Gasteiger partial charge in [0.15, 0.2) is 0 Å². The minimum absolute atomic E-state index is 0.188. The summed E-state index contributed by atoms with van der Waals surface area (Å²) in [6.07, 6.45) is 3.10. The lowest BCUT2D eigenvalue weighted by molar-refractivity contribution is 0.0924. The molecule has 0 aliphatic heterocycles. The Morgan fingerprint density at radius 3 is 2.89 bits per heavy atom. The molecule has 1 heterocycles. The van der Waals surface area contributed by atoms with Gasteiger partial charge < -0.3 is 10.4 Å². The van der Waals surface area contributed by atoms with Crippen LogP contribution in [0.4, 0.5) is 0 Å². The van der Waals surface area contributed by atoms with Crippen LogP contribution in [0.3, 0.4) is 0 Å². The highest BCUT2D eigenvalue weighted by molar-refractivity contribution is 5.95. The lowest BCUT2D eigenvalue weighted by Gasteiger charge is -2.07. The monoisotopic (exact) mass is 259 g/mol. The van der Waals surface area contributed by atoms with E-state index in [4.69, 9.17) is 5.11 Å². The van der Waals surface area contributed by atoms with E-state index < -0.39 is 6.10 Å². The minimum atomic E-state index is -0.551. The molecular formula is C14H17N3O2. The first kappa shape index (κ1) is 13.3. The van der Waals surface area contributed by atoms with Crippen molar-refractivity contribution >= 4 is 5.91 Å². The zero-order chi connectivity index (χ0) is 13.8. The van der Waals surface area contributed by atoms with E-state index in [2.05, 4.69) is 10.4 Å². The minimum Gasteiger partial charge on any atom is -0.392 e. The van der Waals surface area contributed by atoms with E-state index in [1.54, 1.807) is 23.9 Å². The third kappa shape index (κ3) is 3.42. The number of benzene rings is 1.